The van der Waals surface area contributed by atoms with Crippen molar-refractivity contribution in [1.82, 2.24) is 4.90 Å². The Morgan fingerprint density at radius 2 is 2.05 bits per heavy atom. The average Bonchev–Trinajstić information content (AvgIpc) is 2.78. The lowest BCUT2D eigenvalue weighted by atomic mass is 10.1. The number of nitrogens with zero attached hydrogens (tertiary/aromatic N) is 2. The van der Waals surface area contributed by atoms with E-state index in [1.54, 1.807) is 4.90 Å². The van der Waals surface area contributed by atoms with Gasteiger partial charge in [-0.25, -0.2) is 9.59 Å². The number of fused-ring (bicyclic) bond motifs is 1. The summed E-state index contributed by atoms with van der Waals surface area (Å²) in [6.07, 6.45) is 0.368. The summed E-state index contributed by atoms with van der Waals surface area (Å²) >= 11 is 0. The average molecular weight is 276 g/mol. The molecular weight excluding hydrogens is 256 g/mol. The van der Waals surface area contributed by atoms with E-state index in [-0.39, 0.29) is 12.1 Å². The smallest absolute Gasteiger partial charge is 0.327 e. The highest BCUT2D eigenvalue weighted by molar-refractivity contribution is 6.01. The highest BCUT2D eigenvalue weighted by atomic mass is 16.4. The van der Waals surface area contributed by atoms with Crippen LogP contribution >= 0.6 is 0 Å². The first-order chi connectivity index (χ1) is 9.47. The number of benzene rings is 1. The predicted octanol–water partition coefficient (Wildman–Crippen LogP) is 2.35. The van der Waals surface area contributed by atoms with E-state index in [0.717, 1.165) is 5.56 Å². The van der Waals surface area contributed by atoms with E-state index in [1.807, 2.05) is 45.0 Å². The van der Waals surface area contributed by atoms with Crippen molar-refractivity contribution in [2.45, 2.75) is 39.3 Å². The molecule has 0 bridgehead atoms. The molecule has 1 heterocycles. The van der Waals surface area contributed by atoms with Crippen molar-refractivity contribution < 1.29 is 14.7 Å². The van der Waals surface area contributed by atoms with E-state index in [9.17, 15) is 14.7 Å². The summed E-state index contributed by atoms with van der Waals surface area (Å²) in [5, 5.41) is 9.39. The fourth-order valence-corrected chi connectivity index (χ4v) is 2.68. The molecule has 5 heteroatoms. The Kier molecular flexibility index (Phi) is 3.97. The summed E-state index contributed by atoms with van der Waals surface area (Å²) < 4.78 is 0. The topological polar surface area (TPSA) is 60.9 Å². The van der Waals surface area contributed by atoms with E-state index in [4.69, 9.17) is 0 Å². The molecule has 1 aromatic carbocycles. The molecule has 0 saturated carbocycles. The summed E-state index contributed by atoms with van der Waals surface area (Å²) in [4.78, 5) is 27.2. The minimum atomic E-state index is -0.964. The van der Waals surface area contributed by atoms with E-state index in [0.29, 0.717) is 18.7 Å². The van der Waals surface area contributed by atoms with Crippen molar-refractivity contribution in [3.63, 3.8) is 0 Å². The Morgan fingerprint density at radius 1 is 1.40 bits per heavy atom. The third-order valence-corrected chi connectivity index (χ3v) is 3.68. The van der Waals surface area contributed by atoms with Gasteiger partial charge in [0.15, 0.2) is 0 Å². The molecule has 1 atom stereocenters. The maximum absolute atomic E-state index is 12.7. The molecule has 2 rings (SSSR count). The number of carbonyl (C=O) groups excluding carboxylic acids is 1. The lowest BCUT2D eigenvalue weighted by Gasteiger charge is -2.32. The first-order valence-electron chi connectivity index (χ1n) is 6.87. The molecule has 5 nitrogen and oxygen atoms in total. The molecule has 0 aliphatic carbocycles. The van der Waals surface area contributed by atoms with Gasteiger partial charge in [-0.3, -0.25) is 4.90 Å². The molecule has 108 valence electrons. The molecule has 0 spiro atoms. The van der Waals surface area contributed by atoms with Crippen molar-refractivity contribution in [1.29, 1.82) is 0 Å². The first kappa shape index (κ1) is 14.4. The SMILES string of the molecule is CCN(C(=O)N1c2ccccc2CC1C(=O)O)C(C)C. The van der Waals surface area contributed by atoms with Gasteiger partial charge in [0.1, 0.15) is 6.04 Å². The van der Waals surface area contributed by atoms with Gasteiger partial charge in [0.2, 0.25) is 0 Å². The van der Waals surface area contributed by atoms with Gasteiger partial charge in [-0.1, -0.05) is 18.2 Å². The van der Waals surface area contributed by atoms with Crippen LogP contribution in [-0.2, 0) is 11.2 Å². The summed E-state index contributed by atoms with van der Waals surface area (Å²) in [5.74, 6) is -0.964. The molecule has 1 aromatic rings. The fourth-order valence-electron chi connectivity index (χ4n) is 2.68. The molecule has 0 aromatic heterocycles. The van der Waals surface area contributed by atoms with Gasteiger partial charge in [0.05, 0.1) is 0 Å². The van der Waals surface area contributed by atoms with E-state index < -0.39 is 12.0 Å². The maximum atomic E-state index is 12.7. The Labute approximate surface area is 118 Å². The molecule has 20 heavy (non-hydrogen) atoms. The van der Waals surface area contributed by atoms with Crippen molar-refractivity contribution in [2.75, 3.05) is 11.4 Å². The van der Waals surface area contributed by atoms with Crippen LogP contribution in [0.4, 0.5) is 10.5 Å². The number of carboxylic acids is 1. The number of carbonyl (C=O) groups is 2. The summed E-state index contributed by atoms with van der Waals surface area (Å²) in [6, 6.07) is 6.37. The normalized spacial score (nSPS) is 17.2. The number of hydrogen-bond donors (Lipinski definition) is 1. The predicted molar refractivity (Wildman–Crippen MR) is 77.0 cm³/mol. The molecule has 2 amide bonds. The maximum Gasteiger partial charge on any atom is 0.327 e. The highest BCUT2D eigenvalue weighted by Crippen LogP contribution is 2.33. The van der Waals surface area contributed by atoms with Crippen molar-refractivity contribution >= 4 is 17.7 Å². The van der Waals surface area contributed by atoms with Crippen LogP contribution in [0.3, 0.4) is 0 Å². The van der Waals surface area contributed by atoms with Gasteiger partial charge >= 0.3 is 12.0 Å². The Morgan fingerprint density at radius 3 is 2.60 bits per heavy atom. The van der Waals surface area contributed by atoms with Crippen molar-refractivity contribution in [3.8, 4) is 0 Å². The zero-order valence-electron chi connectivity index (χ0n) is 12.0. The fraction of sp³-hybridized carbons (Fsp3) is 0.467. The molecule has 0 fully saturated rings. The lowest BCUT2D eigenvalue weighted by Crippen LogP contribution is -2.51. The second-order valence-electron chi connectivity index (χ2n) is 5.22. The van der Waals surface area contributed by atoms with Gasteiger partial charge in [0, 0.05) is 24.7 Å². The summed E-state index contributed by atoms with van der Waals surface area (Å²) in [7, 11) is 0. The van der Waals surface area contributed by atoms with Crippen molar-refractivity contribution in [3.05, 3.63) is 29.8 Å². The van der Waals surface area contributed by atoms with Gasteiger partial charge in [-0.05, 0) is 32.4 Å². The minimum absolute atomic E-state index is 0.0368. The number of para-hydroxylation sites is 1. The second kappa shape index (κ2) is 5.53. The van der Waals surface area contributed by atoms with Crippen LogP contribution in [0.15, 0.2) is 24.3 Å². The molecule has 0 saturated heterocycles. The molecule has 1 aliphatic heterocycles. The van der Waals surface area contributed by atoms with Crippen LogP contribution in [0, 0.1) is 0 Å². The quantitative estimate of drug-likeness (QED) is 0.921. The second-order valence-corrected chi connectivity index (χ2v) is 5.22. The number of rotatable bonds is 3. The highest BCUT2D eigenvalue weighted by Gasteiger charge is 2.40. The van der Waals surface area contributed by atoms with Crippen LogP contribution < -0.4 is 4.90 Å². The standard InChI is InChI=1S/C15H20N2O3/c1-4-16(10(2)3)15(20)17-12-8-6-5-7-11(12)9-13(17)14(18)19/h5-8,10,13H,4,9H2,1-3H3,(H,18,19). The molecule has 1 N–H and O–H groups in total. The minimum Gasteiger partial charge on any atom is -0.480 e. The largest absolute Gasteiger partial charge is 0.480 e. The van der Waals surface area contributed by atoms with Gasteiger partial charge in [-0.15, -0.1) is 0 Å². The Bertz CT molecular complexity index is 528. The van der Waals surface area contributed by atoms with E-state index in [2.05, 4.69) is 0 Å². The van der Waals surface area contributed by atoms with E-state index in [1.165, 1.54) is 4.90 Å². The monoisotopic (exact) mass is 276 g/mol. The number of urea groups is 1. The molecular formula is C15H20N2O3. The van der Waals surface area contributed by atoms with Crippen LogP contribution in [0.1, 0.15) is 26.3 Å². The van der Waals surface area contributed by atoms with Gasteiger partial charge < -0.3 is 10.0 Å². The summed E-state index contributed by atoms with van der Waals surface area (Å²) in [5.41, 5.74) is 1.62. The van der Waals surface area contributed by atoms with Crippen LogP contribution in [-0.4, -0.2) is 40.6 Å². The Balaban J connectivity index is 2.40. The van der Waals surface area contributed by atoms with Gasteiger partial charge in [0.25, 0.3) is 0 Å². The number of anilines is 1. The zero-order valence-corrected chi connectivity index (χ0v) is 12.0. The molecule has 1 unspecified atom stereocenters. The zero-order chi connectivity index (χ0) is 14.9. The number of hydrogen-bond acceptors (Lipinski definition) is 2. The van der Waals surface area contributed by atoms with Crippen LogP contribution in [0.2, 0.25) is 0 Å². The number of carboxylic acid groups (broad SMARTS) is 1. The van der Waals surface area contributed by atoms with Crippen LogP contribution in [0.25, 0.3) is 0 Å². The third kappa shape index (κ3) is 2.35. The van der Waals surface area contributed by atoms with E-state index >= 15 is 0 Å². The number of aliphatic carboxylic acids is 1. The summed E-state index contributed by atoms with van der Waals surface area (Å²) in [6.45, 7) is 6.31. The lowest BCUT2D eigenvalue weighted by molar-refractivity contribution is -0.138. The number of amides is 2. The van der Waals surface area contributed by atoms with Gasteiger partial charge in [-0.2, -0.15) is 0 Å². The Hall–Kier alpha value is -2.04. The molecule has 0 radical (unpaired) electrons. The van der Waals surface area contributed by atoms with Crippen LogP contribution in [0.5, 0.6) is 0 Å². The molecule has 1 aliphatic rings. The van der Waals surface area contributed by atoms with Crippen molar-refractivity contribution in [2.24, 2.45) is 0 Å². The third-order valence-electron chi connectivity index (χ3n) is 3.68. The first-order valence-corrected chi connectivity index (χ1v) is 6.87.